The fourth-order valence-electron chi connectivity index (χ4n) is 4.41. The van der Waals surface area contributed by atoms with Crippen molar-refractivity contribution in [2.75, 3.05) is 36.1 Å². The monoisotopic (exact) mass is 570 g/mol. The molecular formula is C22H21F7N4O2S2. The molecule has 1 aliphatic carbocycles. The number of hydrazone groups is 1. The molecule has 3 aliphatic rings. The number of sulfonamides is 1. The molecule has 0 spiro atoms. The van der Waals surface area contributed by atoms with Crippen molar-refractivity contribution in [1.29, 1.82) is 0 Å². The van der Waals surface area contributed by atoms with E-state index in [9.17, 15) is 39.2 Å². The molecule has 1 atom stereocenters. The number of thiophene rings is 1. The SMILES string of the molecule is O=S(=O)(C1CC1)N1CCN(c2ccc(C3CC(C(F)(F)C(F)(F)F)=NN3c3ccc(F)cc3F)s2)CC1. The second-order valence-electron chi connectivity index (χ2n) is 9.09. The van der Waals surface area contributed by atoms with E-state index in [-0.39, 0.29) is 18.3 Å². The van der Waals surface area contributed by atoms with Crippen molar-refractivity contribution in [3.63, 3.8) is 0 Å². The smallest absolute Gasteiger partial charge is 0.361 e. The van der Waals surface area contributed by atoms with Gasteiger partial charge in [-0.15, -0.1) is 11.3 Å². The van der Waals surface area contributed by atoms with E-state index in [2.05, 4.69) is 5.10 Å². The molecule has 1 aromatic heterocycles. The standard InChI is InChI=1S/C22H21F7N4O2S2/c23-13-1-4-16(15(24)11-13)33-17(12-19(30-33)21(25,26)22(27,28)29)18-5-6-20(36-18)31-7-9-32(10-8-31)37(34,35)14-2-3-14/h1,4-6,11,14,17H,2-3,7-10,12H2. The number of piperazine rings is 1. The van der Waals surface area contributed by atoms with E-state index in [1.807, 2.05) is 4.90 Å². The van der Waals surface area contributed by atoms with Gasteiger partial charge in [0.15, 0.2) is 5.82 Å². The van der Waals surface area contributed by atoms with Crippen molar-refractivity contribution >= 4 is 37.8 Å². The molecule has 1 saturated carbocycles. The minimum Gasteiger partial charge on any atom is -0.361 e. The highest BCUT2D eigenvalue weighted by Crippen LogP contribution is 2.47. The predicted molar refractivity (Wildman–Crippen MR) is 125 cm³/mol. The van der Waals surface area contributed by atoms with Gasteiger partial charge in [0, 0.05) is 43.5 Å². The number of halogens is 7. The molecule has 15 heteroatoms. The largest absolute Gasteiger partial charge is 0.459 e. The highest BCUT2D eigenvalue weighted by atomic mass is 32.2. The Balaban J connectivity index is 1.39. The summed E-state index contributed by atoms with van der Waals surface area (Å²) < 4.78 is 122. The minimum absolute atomic E-state index is 0.271. The molecule has 2 aromatic rings. The number of rotatable bonds is 6. The Morgan fingerprint density at radius 2 is 1.62 bits per heavy atom. The second-order valence-corrected chi connectivity index (χ2v) is 12.4. The highest BCUT2D eigenvalue weighted by molar-refractivity contribution is 7.90. The van der Waals surface area contributed by atoms with Crippen molar-refractivity contribution in [3.8, 4) is 0 Å². The first-order chi connectivity index (χ1) is 17.3. The number of hydrogen-bond donors (Lipinski definition) is 0. The summed E-state index contributed by atoms with van der Waals surface area (Å²) in [5.74, 6) is -7.34. The van der Waals surface area contributed by atoms with Gasteiger partial charge >= 0.3 is 12.1 Å². The van der Waals surface area contributed by atoms with Crippen molar-refractivity contribution < 1.29 is 39.2 Å². The van der Waals surface area contributed by atoms with E-state index in [1.54, 1.807) is 6.07 Å². The lowest BCUT2D eigenvalue weighted by atomic mass is 10.0. The predicted octanol–water partition coefficient (Wildman–Crippen LogP) is 5.15. The van der Waals surface area contributed by atoms with Crippen LogP contribution in [0.25, 0.3) is 0 Å². The Labute approximate surface area is 212 Å². The van der Waals surface area contributed by atoms with Crippen LogP contribution in [0.1, 0.15) is 30.2 Å². The molecule has 3 heterocycles. The first-order valence-electron chi connectivity index (χ1n) is 11.4. The molecule has 0 amide bonds. The van der Waals surface area contributed by atoms with E-state index >= 15 is 0 Å². The molecule has 5 rings (SSSR count). The number of hydrogen-bond acceptors (Lipinski definition) is 6. The number of benzene rings is 1. The van der Waals surface area contributed by atoms with Gasteiger partial charge in [0.2, 0.25) is 10.0 Å². The van der Waals surface area contributed by atoms with Gasteiger partial charge in [0.25, 0.3) is 0 Å². The van der Waals surface area contributed by atoms with Crippen molar-refractivity contribution in [3.05, 3.63) is 46.8 Å². The minimum atomic E-state index is -5.89. The first-order valence-corrected chi connectivity index (χ1v) is 13.7. The molecule has 37 heavy (non-hydrogen) atoms. The fraction of sp³-hybridized carbons (Fsp3) is 0.500. The maximum Gasteiger partial charge on any atom is 0.459 e. The first kappa shape index (κ1) is 26.2. The third-order valence-electron chi connectivity index (χ3n) is 6.58. The van der Waals surface area contributed by atoms with E-state index in [4.69, 9.17) is 0 Å². The van der Waals surface area contributed by atoms with Crippen LogP contribution in [0.4, 0.5) is 41.4 Å². The third kappa shape index (κ3) is 4.80. The Hall–Kier alpha value is -2.39. The van der Waals surface area contributed by atoms with E-state index in [0.29, 0.717) is 41.9 Å². The summed E-state index contributed by atoms with van der Waals surface area (Å²) in [6, 6.07) is 4.31. The van der Waals surface area contributed by atoms with Crippen LogP contribution >= 0.6 is 11.3 Å². The summed E-state index contributed by atoms with van der Waals surface area (Å²) in [4.78, 5) is 2.25. The van der Waals surface area contributed by atoms with Crippen LogP contribution in [0.5, 0.6) is 0 Å². The summed E-state index contributed by atoms with van der Waals surface area (Å²) in [6.45, 7) is 1.29. The normalized spacial score (nSPS) is 22.0. The molecule has 1 unspecified atom stereocenters. The van der Waals surface area contributed by atoms with Crippen LogP contribution in [0, 0.1) is 11.6 Å². The highest BCUT2D eigenvalue weighted by Gasteiger charge is 2.63. The van der Waals surface area contributed by atoms with Crippen LogP contribution in [0.2, 0.25) is 0 Å². The fourth-order valence-corrected chi connectivity index (χ4v) is 7.38. The Bertz CT molecular complexity index is 1320. The number of alkyl halides is 5. The van der Waals surface area contributed by atoms with Gasteiger partial charge in [-0.25, -0.2) is 17.2 Å². The van der Waals surface area contributed by atoms with Gasteiger partial charge in [-0.2, -0.15) is 31.4 Å². The molecule has 0 N–H and O–H groups in total. The van der Waals surface area contributed by atoms with Crippen LogP contribution < -0.4 is 9.91 Å². The maximum atomic E-state index is 14.5. The average Bonchev–Trinajstić information content (AvgIpc) is 3.42. The quantitative estimate of drug-likeness (QED) is 0.452. The van der Waals surface area contributed by atoms with Crippen LogP contribution in [-0.4, -0.2) is 62.0 Å². The maximum absolute atomic E-state index is 14.5. The van der Waals surface area contributed by atoms with E-state index in [1.165, 1.54) is 10.4 Å². The zero-order valence-electron chi connectivity index (χ0n) is 19.1. The lowest BCUT2D eigenvalue weighted by molar-refractivity contribution is -0.249. The zero-order chi connectivity index (χ0) is 26.8. The van der Waals surface area contributed by atoms with Gasteiger partial charge < -0.3 is 4.90 Å². The Morgan fingerprint density at radius 3 is 2.22 bits per heavy atom. The summed E-state index contributed by atoms with van der Waals surface area (Å²) in [7, 11) is -3.32. The lowest BCUT2D eigenvalue weighted by Crippen LogP contribution is -2.49. The molecule has 1 aromatic carbocycles. The summed E-state index contributed by atoms with van der Waals surface area (Å²) in [5, 5.41) is 4.54. The topological polar surface area (TPSA) is 56.2 Å². The van der Waals surface area contributed by atoms with Crippen molar-refractivity contribution in [2.24, 2.45) is 5.10 Å². The molecular weight excluding hydrogens is 549 g/mol. The summed E-state index contributed by atoms with van der Waals surface area (Å²) >= 11 is 1.11. The van der Waals surface area contributed by atoms with Gasteiger partial charge in [0.1, 0.15) is 11.5 Å². The second kappa shape index (κ2) is 9.12. The summed E-state index contributed by atoms with van der Waals surface area (Å²) in [5.41, 5.74) is -1.91. The number of anilines is 2. The van der Waals surface area contributed by atoms with Gasteiger partial charge in [-0.05, 0) is 37.1 Å². The molecule has 0 bridgehead atoms. The van der Waals surface area contributed by atoms with Crippen molar-refractivity contribution in [1.82, 2.24) is 4.31 Å². The number of nitrogens with zero attached hydrogens (tertiary/aromatic N) is 4. The average molecular weight is 571 g/mol. The van der Waals surface area contributed by atoms with Crippen molar-refractivity contribution in [2.45, 2.75) is 42.7 Å². The molecule has 2 aliphatic heterocycles. The molecule has 0 radical (unpaired) electrons. The molecule has 2 fully saturated rings. The van der Waals surface area contributed by atoms with E-state index < -0.39 is 57.6 Å². The lowest BCUT2D eigenvalue weighted by Gasteiger charge is -2.34. The van der Waals surface area contributed by atoms with Crippen LogP contribution in [-0.2, 0) is 10.0 Å². The zero-order valence-corrected chi connectivity index (χ0v) is 20.7. The summed E-state index contributed by atoms with van der Waals surface area (Å²) in [6.07, 6.45) is -5.41. The van der Waals surface area contributed by atoms with E-state index in [0.717, 1.165) is 28.5 Å². The van der Waals surface area contributed by atoms with Crippen LogP contribution in [0.3, 0.4) is 0 Å². The Morgan fingerprint density at radius 1 is 0.946 bits per heavy atom. The molecule has 6 nitrogen and oxygen atoms in total. The van der Waals surface area contributed by atoms with Gasteiger partial charge in [0.05, 0.1) is 22.0 Å². The third-order valence-corrected chi connectivity index (χ3v) is 10.2. The molecule has 1 saturated heterocycles. The van der Waals surface area contributed by atoms with Gasteiger partial charge in [-0.1, -0.05) is 0 Å². The van der Waals surface area contributed by atoms with Gasteiger partial charge in [-0.3, -0.25) is 5.01 Å². The van der Waals surface area contributed by atoms with Crippen LogP contribution in [0.15, 0.2) is 35.4 Å². The molecule has 202 valence electrons. The Kier molecular flexibility index (Phi) is 6.46.